The lowest BCUT2D eigenvalue weighted by Gasteiger charge is -2.17. The Morgan fingerprint density at radius 2 is 1.24 bits per heavy atom. The Balaban J connectivity index is 0. The summed E-state index contributed by atoms with van der Waals surface area (Å²) < 4.78 is 0. The average molecular weight is 252 g/mol. The van der Waals surface area contributed by atoms with Crippen LogP contribution in [0.4, 0.5) is 0 Å². The molecule has 0 fully saturated rings. The van der Waals surface area contributed by atoms with Crippen molar-refractivity contribution in [3.63, 3.8) is 0 Å². The van der Waals surface area contributed by atoms with Gasteiger partial charge in [0.15, 0.2) is 0 Å². The van der Waals surface area contributed by atoms with E-state index < -0.39 is 24.6 Å². The van der Waals surface area contributed by atoms with Crippen molar-refractivity contribution in [2.75, 3.05) is 26.4 Å². The van der Waals surface area contributed by atoms with Crippen molar-refractivity contribution in [1.29, 1.82) is 0 Å². The van der Waals surface area contributed by atoms with Crippen LogP contribution in [0.5, 0.6) is 0 Å². The van der Waals surface area contributed by atoms with Gasteiger partial charge in [0.1, 0.15) is 5.41 Å². The topological polar surface area (TPSA) is 118 Å². The highest BCUT2D eigenvalue weighted by Gasteiger charge is 2.31. The highest BCUT2D eigenvalue weighted by Crippen LogP contribution is 2.12. The third-order valence-electron chi connectivity index (χ3n) is 2.28. The highest BCUT2D eigenvalue weighted by molar-refractivity contribution is 5.74. The van der Waals surface area contributed by atoms with Crippen LogP contribution in [-0.4, -0.2) is 57.9 Å². The van der Waals surface area contributed by atoms with Gasteiger partial charge >= 0.3 is 5.97 Å². The lowest BCUT2D eigenvalue weighted by molar-refractivity contribution is -0.152. The van der Waals surface area contributed by atoms with Crippen LogP contribution in [0.2, 0.25) is 0 Å². The van der Waals surface area contributed by atoms with Crippen molar-refractivity contribution in [1.82, 2.24) is 0 Å². The van der Waals surface area contributed by atoms with Crippen molar-refractivity contribution in [2.24, 2.45) is 5.41 Å². The first-order valence-electron chi connectivity index (χ1n) is 5.65. The average Bonchev–Trinajstić information content (AvgIpc) is 2.34. The lowest BCUT2D eigenvalue weighted by Crippen LogP contribution is -2.35. The van der Waals surface area contributed by atoms with Gasteiger partial charge in [-0.15, -0.1) is 0 Å². The first-order valence-corrected chi connectivity index (χ1v) is 5.65. The Hall–Kier alpha value is -0.690. The van der Waals surface area contributed by atoms with Crippen molar-refractivity contribution >= 4 is 5.97 Å². The number of hydrogen-bond donors (Lipinski definition) is 5. The summed E-state index contributed by atoms with van der Waals surface area (Å²) in [6.45, 7) is 0.754. The molecule has 0 rings (SSSR count). The third kappa shape index (κ3) is 10.2. The summed E-state index contributed by atoms with van der Waals surface area (Å²) in [4.78, 5) is 10.2. The fourth-order valence-electron chi connectivity index (χ4n) is 0.762. The molecule has 5 N–H and O–H groups in total. The van der Waals surface area contributed by atoms with E-state index in [1.165, 1.54) is 6.92 Å². The molecule has 0 aliphatic rings. The smallest absolute Gasteiger partial charge is 0.314 e. The number of aliphatic hydroxyl groups is 4. The molecule has 17 heavy (non-hydrogen) atoms. The molecule has 0 spiro atoms. The minimum Gasteiger partial charge on any atom is -0.481 e. The molecule has 0 aromatic carbocycles. The van der Waals surface area contributed by atoms with Crippen LogP contribution in [0.25, 0.3) is 0 Å². The van der Waals surface area contributed by atoms with Crippen LogP contribution in [0.3, 0.4) is 0 Å². The summed E-state index contributed by atoms with van der Waals surface area (Å²) in [5, 5.41) is 41.7. The van der Waals surface area contributed by atoms with Gasteiger partial charge in [-0.2, -0.15) is 0 Å². The second-order valence-electron chi connectivity index (χ2n) is 4.04. The Bertz CT molecular complexity index is 173. The van der Waals surface area contributed by atoms with Crippen LogP contribution in [0.15, 0.2) is 0 Å². The van der Waals surface area contributed by atoms with E-state index in [0.717, 1.165) is 25.7 Å². The van der Waals surface area contributed by atoms with Gasteiger partial charge in [-0.05, 0) is 19.8 Å². The Morgan fingerprint density at radius 1 is 0.882 bits per heavy atom. The monoisotopic (exact) mass is 252 g/mol. The molecule has 6 nitrogen and oxygen atoms in total. The molecule has 0 saturated carbocycles. The summed E-state index contributed by atoms with van der Waals surface area (Å²) in [5.74, 6) is -1.19. The van der Waals surface area contributed by atoms with Gasteiger partial charge in [0, 0.05) is 13.2 Å². The zero-order chi connectivity index (χ0) is 13.7. The van der Waals surface area contributed by atoms with E-state index in [0.29, 0.717) is 0 Å². The van der Waals surface area contributed by atoms with Crippen molar-refractivity contribution in [2.45, 2.75) is 32.6 Å². The van der Waals surface area contributed by atoms with Gasteiger partial charge in [-0.1, -0.05) is 12.8 Å². The summed E-state index contributed by atoms with van der Waals surface area (Å²) >= 11 is 0. The quantitative estimate of drug-likeness (QED) is 0.375. The number of carboxylic acid groups (broad SMARTS) is 1. The maximum Gasteiger partial charge on any atom is 0.314 e. The predicted octanol–water partition coefficient (Wildman–Crippen LogP) is -0.407. The molecule has 0 aromatic heterocycles. The Morgan fingerprint density at radius 3 is 1.35 bits per heavy atom. The maximum atomic E-state index is 10.2. The second-order valence-corrected chi connectivity index (χ2v) is 4.04. The van der Waals surface area contributed by atoms with Gasteiger partial charge in [0.05, 0.1) is 13.2 Å². The van der Waals surface area contributed by atoms with E-state index in [9.17, 15) is 4.79 Å². The van der Waals surface area contributed by atoms with Gasteiger partial charge in [0.2, 0.25) is 0 Å². The highest BCUT2D eigenvalue weighted by atomic mass is 16.4. The van der Waals surface area contributed by atoms with Crippen molar-refractivity contribution in [3.05, 3.63) is 0 Å². The molecule has 0 saturated heterocycles. The molecule has 104 valence electrons. The fourth-order valence-corrected chi connectivity index (χ4v) is 0.762. The van der Waals surface area contributed by atoms with Crippen molar-refractivity contribution in [3.8, 4) is 0 Å². The Kier molecular flexibility index (Phi) is 12.9. The number of carbonyl (C=O) groups is 1. The van der Waals surface area contributed by atoms with Crippen LogP contribution in [0.1, 0.15) is 32.6 Å². The molecule has 0 radical (unpaired) electrons. The summed E-state index contributed by atoms with van der Waals surface area (Å²) in [7, 11) is 0. The van der Waals surface area contributed by atoms with E-state index in [1.54, 1.807) is 0 Å². The zero-order valence-electron chi connectivity index (χ0n) is 10.3. The molecule has 0 aromatic rings. The molecule has 0 bridgehead atoms. The number of carboxylic acids is 1. The first kappa shape index (κ1) is 18.7. The summed E-state index contributed by atoms with van der Waals surface area (Å²) in [6, 6.07) is 0. The second kappa shape index (κ2) is 11.8. The van der Waals surface area contributed by atoms with Crippen LogP contribution in [-0.2, 0) is 4.79 Å². The molecule has 0 atom stereocenters. The lowest BCUT2D eigenvalue weighted by atomic mass is 9.94. The molecular weight excluding hydrogens is 228 g/mol. The van der Waals surface area contributed by atoms with Gasteiger partial charge in [-0.25, -0.2) is 0 Å². The number of aliphatic carboxylic acids is 1. The van der Waals surface area contributed by atoms with Crippen LogP contribution >= 0.6 is 0 Å². The molecule has 0 aliphatic carbocycles. The maximum absolute atomic E-state index is 10.2. The minimum atomic E-state index is -1.39. The van der Waals surface area contributed by atoms with E-state index in [4.69, 9.17) is 25.5 Å². The number of rotatable bonds is 8. The summed E-state index contributed by atoms with van der Waals surface area (Å²) in [5.41, 5.74) is -1.39. The number of hydrogen-bond acceptors (Lipinski definition) is 5. The minimum absolute atomic E-state index is 0.283. The molecule has 6 heteroatoms. The standard InChI is InChI=1S/C6H14O2.C5H10O4/c7-5-3-1-2-4-6-8;1-5(2-6,3-7)4(8)9/h7-8H,1-6H2;6-7H,2-3H2,1H3,(H,8,9). The molecular formula is C11H24O6. The van der Waals surface area contributed by atoms with E-state index in [-0.39, 0.29) is 13.2 Å². The van der Waals surface area contributed by atoms with Crippen LogP contribution in [0, 0.1) is 5.41 Å². The largest absolute Gasteiger partial charge is 0.481 e. The van der Waals surface area contributed by atoms with Gasteiger partial charge < -0.3 is 25.5 Å². The molecule has 0 heterocycles. The SMILES string of the molecule is CC(CO)(CO)C(=O)O.OCCCCCCO. The number of unbranched alkanes of at least 4 members (excludes halogenated alkanes) is 3. The van der Waals surface area contributed by atoms with Gasteiger partial charge in [0.25, 0.3) is 0 Å². The zero-order valence-corrected chi connectivity index (χ0v) is 10.3. The van der Waals surface area contributed by atoms with Crippen molar-refractivity contribution < 1.29 is 30.3 Å². The fraction of sp³-hybridized carbons (Fsp3) is 0.909. The van der Waals surface area contributed by atoms with E-state index in [1.807, 2.05) is 0 Å². The predicted molar refractivity (Wildman–Crippen MR) is 62.6 cm³/mol. The summed E-state index contributed by atoms with van der Waals surface area (Å²) in [6.07, 6.45) is 3.83. The Labute approximate surface area is 102 Å². The molecule has 0 aliphatic heterocycles. The number of aliphatic hydroxyl groups excluding tert-OH is 4. The normalized spacial score (nSPS) is 10.6. The van der Waals surface area contributed by atoms with E-state index >= 15 is 0 Å². The van der Waals surface area contributed by atoms with E-state index in [2.05, 4.69) is 0 Å². The molecule has 0 amide bonds. The first-order chi connectivity index (χ1) is 7.98. The van der Waals surface area contributed by atoms with Crippen LogP contribution < -0.4 is 0 Å². The third-order valence-corrected chi connectivity index (χ3v) is 2.28. The molecule has 0 unspecified atom stereocenters. The van der Waals surface area contributed by atoms with Gasteiger partial charge in [-0.3, -0.25) is 4.79 Å².